The third kappa shape index (κ3) is 4.97. The molecule has 9 heteroatoms. The molecule has 0 bridgehead atoms. The maximum Gasteiger partial charge on any atom is 0.273 e. The molecule has 2 unspecified atom stereocenters. The second-order valence-electron chi connectivity index (χ2n) is 8.69. The fourth-order valence-corrected chi connectivity index (χ4v) is 4.71. The van der Waals surface area contributed by atoms with Crippen LogP contribution in [-0.2, 0) is 0 Å². The molecule has 1 fully saturated rings. The normalized spacial score (nSPS) is 17.7. The molecule has 2 aromatic carbocycles. The molecule has 178 valence electrons. The molecule has 3 N–H and O–H groups in total. The number of hydrogen-bond acceptors (Lipinski definition) is 4. The zero-order chi connectivity index (χ0) is 24.4. The lowest BCUT2D eigenvalue weighted by atomic mass is 9.90. The predicted molar refractivity (Wildman–Crippen MR) is 134 cm³/mol. The number of nitrogens with zero attached hydrogens (tertiary/aromatic N) is 2. The van der Waals surface area contributed by atoms with Gasteiger partial charge in [0.1, 0.15) is 5.69 Å². The number of benzene rings is 2. The lowest BCUT2D eigenvalue weighted by Gasteiger charge is -2.32. The van der Waals surface area contributed by atoms with E-state index < -0.39 is 0 Å². The molecule has 35 heavy (non-hydrogen) atoms. The number of amides is 2. The van der Waals surface area contributed by atoms with E-state index in [0.717, 1.165) is 36.6 Å². The lowest BCUT2D eigenvalue weighted by Crippen LogP contribution is -2.53. The quantitative estimate of drug-likeness (QED) is 0.395. The molecule has 0 spiro atoms. The Morgan fingerprint density at radius 2 is 1.69 bits per heavy atom. The third-order valence-corrected chi connectivity index (χ3v) is 6.59. The van der Waals surface area contributed by atoms with Crippen LogP contribution >= 0.6 is 11.6 Å². The van der Waals surface area contributed by atoms with E-state index in [1.165, 1.54) is 17.0 Å². The predicted octanol–water partition coefficient (Wildman–Crippen LogP) is 3.84. The number of aromatic amines is 1. The monoisotopic (exact) mass is 489 g/mol. The van der Waals surface area contributed by atoms with Crippen LogP contribution in [0.25, 0.3) is 16.6 Å². The van der Waals surface area contributed by atoms with Crippen molar-refractivity contribution in [1.29, 1.82) is 0 Å². The molecule has 1 saturated carbocycles. The second-order valence-corrected chi connectivity index (χ2v) is 9.13. The van der Waals surface area contributed by atoms with E-state index in [1.54, 1.807) is 42.6 Å². The van der Waals surface area contributed by atoms with Gasteiger partial charge in [-0.15, -0.1) is 0 Å². The highest BCUT2D eigenvalue weighted by Gasteiger charge is 2.28. The van der Waals surface area contributed by atoms with Gasteiger partial charge < -0.3 is 15.6 Å². The molecular weight excluding hydrogens is 466 g/mol. The number of aromatic nitrogens is 3. The number of hydrogen-bond donors (Lipinski definition) is 3. The van der Waals surface area contributed by atoms with Crippen molar-refractivity contribution in [2.45, 2.75) is 37.8 Å². The molecule has 2 atom stereocenters. The zero-order valence-electron chi connectivity index (χ0n) is 18.8. The van der Waals surface area contributed by atoms with Gasteiger partial charge >= 0.3 is 0 Å². The van der Waals surface area contributed by atoms with Crippen LogP contribution in [0.5, 0.6) is 0 Å². The molecule has 5 rings (SSSR count). The first-order chi connectivity index (χ1) is 17.0. The van der Waals surface area contributed by atoms with E-state index in [9.17, 15) is 14.4 Å². The maximum absolute atomic E-state index is 13.0. The van der Waals surface area contributed by atoms with E-state index in [0.29, 0.717) is 22.0 Å². The second kappa shape index (κ2) is 9.76. The van der Waals surface area contributed by atoms with Gasteiger partial charge in [0.15, 0.2) is 0 Å². The molecular formula is C26H24ClN5O3. The highest BCUT2D eigenvalue weighted by atomic mass is 35.5. The van der Waals surface area contributed by atoms with Gasteiger partial charge in [0.2, 0.25) is 0 Å². The first-order valence-electron chi connectivity index (χ1n) is 11.5. The summed E-state index contributed by atoms with van der Waals surface area (Å²) in [5.41, 5.74) is 2.18. The largest absolute Gasteiger partial charge is 0.351 e. The molecule has 4 aromatic rings. The summed E-state index contributed by atoms with van der Waals surface area (Å²) < 4.78 is 1.46. The topological polar surface area (TPSA) is 109 Å². The van der Waals surface area contributed by atoms with Crippen LogP contribution in [-0.4, -0.2) is 38.4 Å². The molecule has 0 aliphatic heterocycles. The smallest absolute Gasteiger partial charge is 0.273 e. The number of carbonyl (C=O) groups excluding carboxylic acids is 2. The SMILES string of the molecule is O=C(NC1CCCCC1NC(=O)c1cc2cc(Cl)ccc2[nH]1)c1ccc(-n2ccncc2=O)cc1. The summed E-state index contributed by atoms with van der Waals surface area (Å²) >= 11 is 6.06. The van der Waals surface area contributed by atoms with E-state index in [4.69, 9.17) is 11.6 Å². The maximum atomic E-state index is 13.0. The Kier molecular flexibility index (Phi) is 6.37. The van der Waals surface area contributed by atoms with Crippen LogP contribution < -0.4 is 16.2 Å². The van der Waals surface area contributed by atoms with Crippen molar-refractivity contribution >= 4 is 34.3 Å². The Morgan fingerprint density at radius 1 is 0.971 bits per heavy atom. The van der Waals surface area contributed by atoms with Gasteiger partial charge in [-0.1, -0.05) is 24.4 Å². The van der Waals surface area contributed by atoms with Crippen LogP contribution in [0.1, 0.15) is 46.5 Å². The Bertz CT molecular complexity index is 1440. The number of fused-ring (bicyclic) bond motifs is 1. The summed E-state index contributed by atoms with van der Waals surface area (Å²) in [5, 5.41) is 7.66. The highest BCUT2D eigenvalue weighted by Crippen LogP contribution is 2.22. The first kappa shape index (κ1) is 22.9. The minimum atomic E-state index is -0.247. The van der Waals surface area contributed by atoms with Gasteiger partial charge in [-0.05, 0) is 61.4 Å². The molecule has 2 aromatic heterocycles. The average molecular weight is 490 g/mol. The third-order valence-electron chi connectivity index (χ3n) is 6.36. The summed E-state index contributed by atoms with van der Waals surface area (Å²) in [6, 6.07) is 13.7. The van der Waals surface area contributed by atoms with Crippen molar-refractivity contribution in [3.05, 3.63) is 93.8 Å². The van der Waals surface area contributed by atoms with Gasteiger partial charge in [0, 0.05) is 51.7 Å². The van der Waals surface area contributed by atoms with E-state index in [-0.39, 0.29) is 29.5 Å². The van der Waals surface area contributed by atoms with Crippen LogP contribution in [0.15, 0.2) is 71.9 Å². The zero-order valence-corrected chi connectivity index (χ0v) is 19.6. The van der Waals surface area contributed by atoms with Crippen LogP contribution in [0.4, 0.5) is 0 Å². The van der Waals surface area contributed by atoms with Crippen molar-refractivity contribution in [1.82, 2.24) is 25.2 Å². The minimum absolute atomic E-state index is 0.176. The standard InChI is InChI=1S/C26H24ClN5O3/c27-18-7-10-20-17(13-18)14-23(29-20)26(35)31-22-4-2-1-3-21(22)30-25(34)16-5-8-19(9-6-16)32-12-11-28-15-24(32)33/h5-15,21-22,29H,1-4H2,(H,30,34)(H,31,35). The van der Waals surface area contributed by atoms with Crippen LogP contribution in [0, 0.1) is 0 Å². The van der Waals surface area contributed by atoms with Crippen molar-refractivity contribution in [2.75, 3.05) is 0 Å². The fourth-order valence-electron chi connectivity index (χ4n) is 4.53. The summed E-state index contributed by atoms with van der Waals surface area (Å²) in [4.78, 5) is 44.8. The van der Waals surface area contributed by atoms with Gasteiger partial charge in [-0.25, -0.2) is 0 Å². The number of rotatable bonds is 5. The molecule has 8 nitrogen and oxygen atoms in total. The Balaban J connectivity index is 1.27. The molecule has 1 aliphatic rings. The molecule has 1 aliphatic carbocycles. The van der Waals surface area contributed by atoms with Crippen LogP contribution in [0.2, 0.25) is 5.02 Å². The van der Waals surface area contributed by atoms with Gasteiger partial charge in [0.25, 0.3) is 17.4 Å². The Hall–Kier alpha value is -3.91. The minimum Gasteiger partial charge on any atom is -0.351 e. The lowest BCUT2D eigenvalue weighted by molar-refractivity contribution is 0.0860. The van der Waals surface area contributed by atoms with Gasteiger partial charge in [0.05, 0.1) is 6.20 Å². The summed E-state index contributed by atoms with van der Waals surface area (Å²) in [6.07, 6.45) is 7.87. The van der Waals surface area contributed by atoms with Crippen molar-refractivity contribution in [2.24, 2.45) is 0 Å². The number of halogens is 1. The van der Waals surface area contributed by atoms with Crippen molar-refractivity contribution < 1.29 is 9.59 Å². The van der Waals surface area contributed by atoms with Gasteiger partial charge in [-0.2, -0.15) is 0 Å². The highest BCUT2D eigenvalue weighted by molar-refractivity contribution is 6.31. The van der Waals surface area contributed by atoms with Crippen molar-refractivity contribution in [3.63, 3.8) is 0 Å². The van der Waals surface area contributed by atoms with Crippen molar-refractivity contribution in [3.8, 4) is 5.69 Å². The Morgan fingerprint density at radius 3 is 2.40 bits per heavy atom. The first-order valence-corrected chi connectivity index (χ1v) is 11.9. The van der Waals surface area contributed by atoms with E-state index >= 15 is 0 Å². The number of nitrogens with one attached hydrogen (secondary N) is 3. The molecule has 2 heterocycles. The number of H-pyrrole nitrogens is 1. The average Bonchev–Trinajstić information content (AvgIpc) is 3.29. The summed E-state index contributed by atoms with van der Waals surface area (Å²) in [6.45, 7) is 0. The molecule has 2 amide bonds. The molecule has 0 saturated heterocycles. The number of carbonyl (C=O) groups is 2. The molecule has 0 radical (unpaired) electrons. The van der Waals surface area contributed by atoms with E-state index in [1.807, 2.05) is 12.1 Å². The fraction of sp³-hybridized carbons (Fsp3) is 0.231. The van der Waals surface area contributed by atoms with E-state index in [2.05, 4.69) is 20.6 Å². The summed E-state index contributed by atoms with van der Waals surface area (Å²) in [5.74, 6) is -0.430. The van der Waals surface area contributed by atoms with Crippen LogP contribution in [0.3, 0.4) is 0 Å². The summed E-state index contributed by atoms with van der Waals surface area (Å²) in [7, 11) is 0. The van der Waals surface area contributed by atoms with Gasteiger partial charge in [-0.3, -0.25) is 23.9 Å². The Labute approximate surface area is 206 Å².